The van der Waals surface area contributed by atoms with Gasteiger partial charge in [-0.25, -0.2) is 4.98 Å². The first-order valence-electron chi connectivity index (χ1n) is 10.3. The summed E-state index contributed by atoms with van der Waals surface area (Å²) in [6.45, 7) is 10.3. The van der Waals surface area contributed by atoms with Crippen LogP contribution in [-0.4, -0.2) is 48.6 Å². The molecular weight excluding hydrogens is 362 g/mol. The molecule has 5 heteroatoms. The van der Waals surface area contributed by atoms with Crippen LogP contribution < -0.4 is 10.1 Å². The Morgan fingerprint density at radius 3 is 2.45 bits per heavy atom. The molecule has 0 saturated carbocycles. The first kappa shape index (κ1) is 20.8. The summed E-state index contributed by atoms with van der Waals surface area (Å²) in [4.78, 5) is 20.0. The molecule has 2 aromatic carbocycles. The van der Waals surface area contributed by atoms with Gasteiger partial charge in [-0.1, -0.05) is 32.0 Å². The molecule has 3 aromatic rings. The van der Waals surface area contributed by atoms with Crippen LogP contribution in [0.3, 0.4) is 0 Å². The van der Waals surface area contributed by atoms with Crippen molar-refractivity contribution in [3.63, 3.8) is 0 Å². The van der Waals surface area contributed by atoms with Gasteiger partial charge in [0.15, 0.2) is 0 Å². The second-order valence-corrected chi connectivity index (χ2v) is 6.81. The van der Waals surface area contributed by atoms with Gasteiger partial charge in [-0.15, -0.1) is 0 Å². The first-order valence-corrected chi connectivity index (χ1v) is 10.3. The molecule has 0 fully saturated rings. The van der Waals surface area contributed by atoms with Crippen LogP contribution in [0.1, 0.15) is 31.1 Å². The van der Waals surface area contributed by atoms with E-state index < -0.39 is 0 Å². The van der Waals surface area contributed by atoms with E-state index in [1.54, 1.807) is 0 Å². The molecule has 1 N–H and O–H groups in total. The number of nitrogens with one attached hydrogen (secondary N) is 1. The third-order valence-electron chi connectivity index (χ3n) is 5.03. The second kappa shape index (κ2) is 10.0. The summed E-state index contributed by atoms with van der Waals surface area (Å²) in [5.74, 6) is 0.759. The van der Waals surface area contributed by atoms with Crippen molar-refractivity contribution in [3.8, 4) is 17.0 Å². The molecule has 0 atom stereocenters. The summed E-state index contributed by atoms with van der Waals surface area (Å²) in [5, 5.41) is 3.93. The Balaban J connectivity index is 1.88. The number of hydrogen-bond acceptors (Lipinski definition) is 4. The first-order chi connectivity index (χ1) is 14.2. The minimum absolute atomic E-state index is 0.0667. The van der Waals surface area contributed by atoms with Gasteiger partial charge in [0.1, 0.15) is 5.75 Å². The standard InChI is InChI=1S/C24H29N3O2/c1-4-27(5-2)16-15-25-24(28)21-17-23(26-22-10-8-7-9-20(21)22)18-11-13-19(14-12-18)29-6-3/h7-14,17H,4-6,15-16H2,1-3H3,(H,25,28). The van der Waals surface area contributed by atoms with E-state index in [-0.39, 0.29) is 5.91 Å². The maximum atomic E-state index is 13.0. The van der Waals surface area contributed by atoms with Gasteiger partial charge in [-0.2, -0.15) is 0 Å². The number of pyridine rings is 1. The van der Waals surface area contributed by atoms with Gasteiger partial charge < -0.3 is 15.0 Å². The predicted molar refractivity (Wildman–Crippen MR) is 118 cm³/mol. The van der Waals surface area contributed by atoms with Gasteiger partial charge in [0.05, 0.1) is 23.4 Å². The number of hydrogen-bond donors (Lipinski definition) is 1. The largest absolute Gasteiger partial charge is 0.494 e. The van der Waals surface area contributed by atoms with Crippen molar-refractivity contribution < 1.29 is 9.53 Å². The number of rotatable bonds is 9. The number of amides is 1. The van der Waals surface area contributed by atoms with Crippen LogP contribution in [0.2, 0.25) is 0 Å². The van der Waals surface area contributed by atoms with Crippen molar-refractivity contribution in [1.82, 2.24) is 15.2 Å². The Labute approximate surface area is 172 Å². The molecule has 0 aliphatic heterocycles. The van der Waals surface area contributed by atoms with Gasteiger partial charge in [0.25, 0.3) is 5.91 Å². The third kappa shape index (κ3) is 5.12. The van der Waals surface area contributed by atoms with E-state index in [9.17, 15) is 4.79 Å². The molecule has 0 bridgehead atoms. The van der Waals surface area contributed by atoms with Gasteiger partial charge in [-0.05, 0) is 56.4 Å². The summed E-state index contributed by atoms with van der Waals surface area (Å²) >= 11 is 0. The third-order valence-corrected chi connectivity index (χ3v) is 5.03. The predicted octanol–water partition coefficient (Wildman–Crippen LogP) is 4.37. The average Bonchev–Trinajstić information content (AvgIpc) is 2.76. The quantitative estimate of drug-likeness (QED) is 0.588. The molecule has 29 heavy (non-hydrogen) atoms. The van der Waals surface area contributed by atoms with Crippen LogP contribution in [0, 0.1) is 0 Å². The topological polar surface area (TPSA) is 54.5 Å². The Hall–Kier alpha value is -2.92. The highest BCUT2D eigenvalue weighted by Crippen LogP contribution is 2.26. The highest BCUT2D eigenvalue weighted by Gasteiger charge is 2.14. The van der Waals surface area contributed by atoms with Crippen LogP contribution >= 0.6 is 0 Å². The van der Waals surface area contributed by atoms with Crippen molar-refractivity contribution in [3.05, 3.63) is 60.2 Å². The highest BCUT2D eigenvalue weighted by molar-refractivity contribution is 6.07. The Kier molecular flexibility index (Phi) is 7.19. The molecule has 0 aliphatic carbocycles. The van der Waals surface area contributed by atoms with Crippen molar-refractivity contribution in [1.29, 1.82) is 0 Å². The SMILES string of the molecule is CCOc1ccc(-c2cc(C(=O)NCCN(CC)CC)c3ccccc3n2)cc1. The second-order valence-electron chi connectivity index (χ2n) is 6.81. The van der Waals surface area contributed by atoms with E-state index in [4.69, 9.17) is 9.72 Å². The van der Waals surface area contributed by atoms with E-state index in [0.717, 1.165) is 47.5 Å². The molecule has 1 amide bonds. The number of ether oxygens (including phenoxy) is 1. The zero-order chi connectivity index (χ0) is 20.6. The lowest BCUT2D eigenvalue weighted by Crippen LogP contribution is -2.34. The number of likely N-dealkylation sites (N-methyl/N-ethyl adjacent to an activating group) is 1. The van der Waals surface area contributed by atoms with Crippen molar-refractivity contribution in [2.24, 2.45) is 0 Å². The average molecular weight is 392 g/mol. The molecule has 0 unspecified atom stereocenters. The summed E-state index contributed by atoms with van der Waals surface area (Å²) in [5.41, 5.74) is 3.20. The van der Waals surface area contributed by atoms with Crippen molar-refractivity contribution in [2.45, 2.75) is 20.8 Å². The van der Waals surface area contributed by atoms with Crippen LogP contribution in [0.4, 0.5) is 0 Å². The molecule has 5 nitrogen and oxygen atoms in total. The summed E-state index contributed by atoms with van der Waals surface area (Å²) < 4.78 is 5.52. The fourth-order valence-corrected chi connectivity index (χ4v) is 3.36. The number of fused-ring (bicyclic) bond motifs is 1. The number of aromatic nitrogens is 1. The minimum atomic E-state index is -0.0667. The molecular formula is C24H29N3O2. The Morgan fingerprint density at radius 1 is 1.03 bits per heavy atom. The molecule has 0 spiro atoms. The molecule has 1 aromatic heterocycles. The Morgan fingerprint density at radius 2 is 1.76 bits per heavy atom. The van der Waals surface area contributed by atoms with E-state index in [1.807, 2.05) is 61.5 Å². The van der Waals surface area contributed by atoms with E-state index in [1.165, 1.54) is 0 Å². The normalized spacial score (nSPS) is 11.0. The van der Waals surface area contributed by atoms with Gasteiger partial charge in [0, 0.05) is 24.0 Å². The molecule has 152 valence electrons. The molecule has 0 radical (unpaired) electrons. The maximum absolute atomic E-state index is 13.0. The fraction of sp³-hybridized carbons (Fsp3) is 0.333. The van der Waals surface area contributed by atoms with E-state index in [2.05, 4.69) is 24.1 Å². The monoisotopic (exact) mass is 391 g/mol. The molecule has 0 saturated heterocycles. The summed E-state index contributed by atoms with van der Waals surface area (Å²) in [7, 11) is 0. The lowest BCUT2D eigenvalue weighted by molar-refractivity contribution is 0.0950. The van der Waals surface area contributed by atoms with Crippen LogP contribution in [0.5, 0.6) is 5.75 Å². The lowest BCUT2D eigenvalue weighted by atomic mass is 10.0. The number of para-hydroxylation sites is 1. The van der Waals surface area contributed by atoms with E-state index >= 15 is 0 Å². The smallest absolute Gasteiger partial charge is 0.252 e. The Bertz CT molecular complexity index is 950. The minimum Gasteiger partial charge on any atom is -0.494 e. The summed E-state index contributed by atoms with van der Waals surface area (Å²) in [6, 6.07) is 17.5. The van der Waals surface area contributed by atoms with Crippen molar-refractivity contribution >= 4 is 16.8 Å². The maximum Gasteiger partial charge on any atom is 0.252 e. The van der Waals surface area contributed by atoms with E-state index in [0.29, 0.717) is 18.7 Å². The molecule has 1 heterocycles. The molecule has 3 rings (SSSR count). The summed E-state index contributed by atoms with van der Waals surface area (Å²) in [6.07, 6.45) is 0. The highest BCUT2D eigenvalue weighted by atomic mass is 16.5. The van der Waals surface area contributed by atoms with Crippen molar-refractivity contribution in [2.75, 3.05) is 32.8 Å². The number of nitrogens with zero attached hydrogens (tertiary/aromatic N) is 2. The van der Waals surface area contributed by atoms with Crippen LogP contribution in [0.25, 0.3) is 22.2 Å². The van der Waals surface area contributed by atoms with Gasteiger partial charge >= 0.3 is 0 Å². The van der Waals surface area contributed by atoms with Crippen LogP contribution in [-0.2, 0) is 0 Å². The lowest BCUT2D eigenvalue weighted by Gasteiger charge is -2.18. The molecule has 0 aliphatic rings. The van der Waals surface area contributed by atoms with Gasteiger partial charge in [-0.3, -0.25) is 4.79 Å². The fourth-order valence-electron chi connectivity index (χ4n) is 3.36. The van der Waals surface area contributed by atoms with Crippen LogP contribution in [0.15, 0.2) is 54.6 Å². The number of carbonyl (C=O) groups is 1. The zero-order valence-corrected chi connectivity index (χ0v) is 17.4. The zero-order valence-electron chi connectivity index (χ0n) is 17.4. The van der Waals surface area contributed by atoms with Gasteiger partial charge in [0.2, 0.25) is 0 Å². The number of benzene rings is 2. The number of carbonyl (C=O) groups excluding carboxylic acids is 1.